The average Bonchev–Trinajstić information content (AvgIpc) is 2.11. The number of anilines is 1. The van der Waals surface area contributed by atoms with Crippen molar-refractivity contribution < 1.29 is 4.39 Å². The van der Waals surface area contributed by atoms with Gasteiger partial charge in [0.25, 0.3) is 0 Å². The van der Waals surface area contributed by atoms with E-state index in [9.17, 15) is 4.39 Å². The molecule has 0 saturated heterocycles. The highest BCUT2D eigenvalue weighted by Crippen LogP contribution is 2.22. The molecule has 1 atom stereocenters. The van der Waals surface area contributed by atoms with Crippen molar-refractivity contribution in [1.82, 2.24) is 9.97 Å². The Balaban J connectivity index is 2.73. The highest BCUT2D eigenvalue weighted by molar-refractivity contribution is 7.99. The smallest absolute Gasteiger partial charge is 0.189 e. The van der Waals surface area contributed by atoms with E-state index in [1.165, 1.54) is 11.8 Å². The van der Waals surface area contributed by atoms with Crippen molar-refractivity contribution in [2.24, 2.45) is 0 Å². The van der Waals surface area contributed by atoms with Crippen LogP contribution in [0.3, 0.4) is 0 Å². The first-order chi connectivity index (χ1) is 6.13. The number of halogens is 1. The van der Waals surface area contributed by atoms with Gasteiger partial charge in [-0.25, -0.2) is 14.4 Å². The zero-order valence-corrected chi connectivity index (χ0v) is 8.44. The van der Waals surface area contributed by atoms with Gasteiger partial charge in [0, 0.05) is 5.25 Å². The van der Waals surface area contributed by atoms with Crippen molar-refractivity contribution in [3.8, 4) is 0 Å². The van der Waals surface area contributed by atoms with E-state index in [1.54, 1.807) is 0 Å². The molecule has 0 fully saturated rings. The Kier molecular flexibility index (Phi) is 3.48. The lowest BCUT2D eigenvalue weighted by atomic mass is 10.4. The van der Waals surface area contributed by atoms with E-state index < -0.39 is 5.82 Å². The van der Waals surface area contributed by atoms with E-state index in [2.05, 4.69) is 23.8 Å². The van der Waals surface area contributed by atoms with Gasteiger partial charge in [-0.2, -0.15) is 0 Å². The summed E-state index contributed by atoms with van der Waals surface area (Å²) in [5.41, 5.74) is 5.30. The van der Waals surface area contributed by atoms with Crippen LogP contribution in [0.25, 0.3) is 0 Å². The molecule has 1 rings (SSSR count). The zero-order chi connectivity index (χ0) is 9.84. The lowest BCUT2D eigenvalue weighted by Crippen LogP contribution is -2.01. The molecule has 2 N–H and O–H groups in total. The number of nitrogens with two attached hydrogens (primary N) is 1. The van der Waals surface area contributed by atoms with E-state index in [4.69, 9.17) is 5.73 Å². The largest absolute Gasteiger partial charge is 0.381 e. The van der Waals surface area contributed by atoms with Crippen LogP contribution in [0.4, 0.5) is 10.2 Å². The van der Waals surface area contributed by atoms with E-state index in [1.807, 2.05) is 0 Å². The van der Waals surface area contributed by atoms with Gasteiger partial charge in [-0.3, -0.25) is 0 Å². The Hall–Kier alpha value is -0.840. The molecule has 72 valence electrons. The summed E-state index contributed by atoms with van der Waals surface area (Å²) in [6.07, 6.45) is 2.12. The van der Waals surface area contributed by atoms with Crippen LogP contribution in [0, 0.1) is 5.82 Å². The monoisotopic (exact) mass is 201 g/mol. The van der Waals surface area contributed by atoms with Crippen LogP contribution in [0.15, 0.2) is 11.4 Å². The Morgan fingerprint density at radius 2 is 2.38 bits per heavy atom. The maximum absolute atomic E-state index is 12.7. The van der Waals surface area contributed by atoms with E-state index in [0.717, 1.165) is 12.6 Å². The molecule has 0 amide bonds. The summed E-state index contributed by atoms with van der Waals surface area (Å²) in [6, 6.07) is 0. The van der Waals surface area contributed by atoms with Gasteiger partial charge in [0.1, 0.15) is 0 Å². The van der Waals surface area contributed by atoms with Gasteiger partial charge >= 0.3 is 0 Å². The Labute approximate surface area is 81.0 Å². The molecule has 0 radical (unpaired) electrons. The molecule has 0 aliphatic carbocycles. The fourth-order valence-electron chi connectivity index (χ4n) is 0.683. The highest BCUT2D eigenvalue weighted by atomic mass is 32.2. The lowest BCUT2D eigenvalue weighted by Gasteiger charge is -2.06. The maximum Gasteiger partial charge on any atom is 0.189 e. The third kappa shape index (κ3) is 2.84. The van der Waals surface area contributed by atoms with Crippen LogP contribution in [-0.4, -0.2) is 15.2 Å². The average molecular weight is 201 g/mol. The molecule has 1 heterocycles. The highest BCUT2D eigenvalue weighted by Gasteiger charge is 2.07. The summed E-state index contributed by atoms with van der Waals surface area (Å²) in [5.74, 6) is -0.644. The summed E-state index contributed by atoms with van der Waals surface area (Å²) in [5, 5.41) is 0.957. The number of nitrogens with zero attached hydrogens (tertiary/aromatic N) is 2. The second-order valence-corrected chi connectivity index (χ2v) is 4.13. The molecule has 1 aromatic rings. The molecule has 5 heteroatoms. The molecule has 13 heavy (non-hydrogen) atoms. The van der Waals surface area contributed by atoms with Crippen molar-refractivity contribution in [2.75, 3.05) is 5.73 Å². The van der Waals surface area contributed by atoms with Crippen LogP contribution in [0.1, 0.15) is 20.3 Å². The lowest BCUT2D eigenvalue weighted by molar-refractivity contribution is 0.612. The fourth-order valence-corrected chi connectivity index (χ4v) is 1.47. The SMILES string of the molecule is CCC(C)Sc1ncc(F)c(N)n1. The van der Waals surface area contributed by atoms with Crippen LogP contribution in [-0.2, 0) is 0 Å². The molecular formula is C8H12FN3S. The Bertz CT molecular complexity index is 293. The van der Waals surface area contributed by atoms with Crippen molar-refractivity contribution in [1.29, 1.82) is 0 Å². The number of thioether (sulfide) groups is 1. The normalized spacial score (nSPS) is 12.8. The zero-order valence-electron chi connectivity index (χ0n) is 7.62. The Morgan fingerprint density at radius 1 is 1.69 bits per heavy atom. The van der Waals surface area contributed by atoms with Gasteiger partial charge in [0.15, 0.2) is 16.8 Å². The summed E-state index contributed by atoms with van der Waals surface area (Å²) < 4.78 is 12.7. The summed E-state index contributed by atoms with van der Waals surface area (Å²) in [6.45, 7) is 4.14. The summed E-state index contributed by atoms with van der Waals surface area (Å²) >= 11 is 1.50. The van der Waals surface area contributed by atoms with E-state index in [-0.39, 0.29) is 5.82 Å². The second kappa shape index (κ2) is 4.41. The predicted octanol–water partition coefficient (Wildman–Crippen LogP) is 2.09. The second-order valence-electron chi connectivity index (χ2n) is 2.72. The first-order valence-corrected chi connectivity index (χ1v) is 4.96. The molecule has 3 nitrogen and oxygen atoms in total. The number of rotatable bonds is 3. The Morgan fingerprint density at radius 3 is 2.92 bits per heavy atom. The van der Waals surface area contributed by atoms with Crippen LogP contribution >= 0.6 is 11.8 Å². The topological polar surface area (TPSA) is 51.8 Å². The van der Waals surface area contributed by atoms with Gasteiger partial charge in [-0.15, -0.1) is 0 Å². The van der Waals surface area contributed by atoms with Crippen LogP contribution in [0.5, 0.6) is 0 Å². The molecule has 0 aromatic carbocycles. The molecule has 0 spiro atoms. The minimum Gasteiger partial charge on any atom is -0.381 e. The van der Waals surface area contributed by atoms with Crippen LogP contribution < -0.4 is 5.73 Å². The maximum atomic E-state index is 12.7. The van der Waals surface area contributed by atoms with Gasteiger partial charge in [0.2, 0.25) is 0 Å². The summed E-state index contributed by atoms with van der Waals surface area (Å²) in [4.78, 5) is 7.64. The molecule has 0 aliphatic heterocycles. The van der Waals surface area contributed by atoms with Gasteiger partial charge < -0.3 is 5.73 Å². The number of hydrogen-bond donors (Lipinski definition) is 1. The summed E-state index contributed by atoms with van der Waals surface area (Å²) in [7, 11) is 0. The van der Waals surface area contributed by atoms with Gasteiger partial charge in [-0.05, 0) is 6.42 Å². The van der Waals surface area contributed by atoms with E-state index >= 15 is 0 Å². The minimum atomic E-state index is -0.562. The third-order valence-electron chi connectivity index (χ3n) is 1.63. The number of nitrogen functional groups attached to an aromatic ring is 1. The number of hydrogen-bond acceptors (Lipinski definition) is 4. The molecule has 0 bridgehead atoms. The first kappa shape index (κ1) is 10.2. The van der Waals surface area contributed by atoms with Gasteiger partial charge in [0.05, 0.1) is 6.20 Å². The predicted molar refractivity (Wildman–Crippen MR) is 52.0 cm³/mol. The van der Waals surface area contributed by atoms with Gasteiger partial charge in [-0.1, -0.05) is 25.6 Å². The molecule has 1 aromatic heterocycles. The van der Waals surface area contributed by atoms with Crippen molar-refractivity contribution in [3.63, 3.8) is 0 Å². The molecular weight excluding hydrogens is 189 g/mol. The number of aromatic nitrogens is 2. The van der Waals surface area contributed by atoms with Crippen LogP contribution in [0.2, 0.25) is 0 Å². The fraction of sp³-hybridized carbons (Fsp3) is 0.500. The minimum absolute atomic E-state index is 0.0826. The first-order valence-electron chi connectivity index (χ1n) is 4.08. The molecule has 1 unspecified atom stereocenters. The van der Waals surface area contributed by atoms with E-state index in [0.29, 0.717) is 10.4 Å². The van der Waals surface area contributed by atoms with Crippen molar-refractivity contribution in [3.05, 3.63) is 12.0 Å². The third-order valence-corrected chi connectivity index (χ3v) is 2.77. The quantitative estimate of drug-likeness (QED) is 0.601. The van der Waals surface area contributed by atoms with Crippen molar-refractivity contribution >= 4 is 17.6 Å². The van der Waals surface area contributed by atoms with Crippen molar-refractivity contribution in [2.45, 2.75) is 30.7 Å². The molecule has 0 saturated carbocycles. The molecule has 0 aliphatic rings. The standard InChI is InChI=1S/C8H12FN3S/c1-3-5(2)13-8-11-4-6(9)7(10)12-8/h4-5H,3H2,1-2H3,(H2,10,11,12).